The molecule has 2 aliphatic heterocycles. The van der Waals surface area contributed by atoms with Crippen LogP contribution in [-0.4, -0.2) is 39.0 Å². The standard InChI is InChI=1S/C21H23F3N2O2S/c1-2-26-11-9-15-16-13-14(7-8-18(16)25-19(15)10-12-26)29(27,28)20-6-4-3-5-17(20)21(22,23)24/h3-8,13,15,19,25H,2,9-12H2,1H3/t15-,19-/m1/s1. The maximum atomic E-state index is 13.4. The van der Waals surface area contributed by atoms with Crippen LogP contribution in [-0.2, 0) is 16.0 Å². The zero-order valence-corrected chi connectivity index (χ0v) is 16.9. The molecule has 0 spiro atoms. The van der Waals surface area contributed by atoms with Crippen molar-refractivity contribution in [1.82, 2.24) is 4.90 Å². The number of hydrogen-bond donors (Lipinski definition) is 1. The lowest BCUT2D eigenvalue weighted by atomic mass is 9.91. The third-order valence-corrected chi connectivity index (χ3v) is 7.81. The van der Waals surface area contributed by atoms with Crippen LogP contribution in [0.15, 0.2) is 52.3 Å². The highest BCUT2D eigenvalue weighted by Gasteiger charge is 2.39. The maximum Gasteiger partial charge on any atom is 0.417 e. The summed E-state index contributed by atoms with van der Waals surface area (Å²) in [6.07, 6.45) is -2.90. The van der Waals surface area contributed by atoms with E-state index in [1.165, 1.54) is 18.2 Å². The summed E-state index contributed by atoms with van der Waals surface area (Å²) in [7, 11) is -4.29. The quantitative estimate of drug-likeness (QED) is 0.787. The summed E-state index contributed by atoms with van der Waals surface area (Å²) in [5, 5.41) is 3.47. The molecule has 0 aromatic heterocycles. The van der Waals surface area contributed by atoms with Crippen LogP contribution < -0.4 is 5.32 Å². The lowest BCUT2D eigenvalue weighted by Gasteiger charge is -2.18. The largest absolute Gasteiger partial charge is 0.417 e. The predicted molar refractivity (Wildman–Crippen MR) is 105 cm³/mol. The molecule has 1 saturated heterocycles. The number of hydrogen-bond acceptors (Lipinski definition) is 4. The molecule has 2 aliphatic rings. The lowest BCUT2D eigenvalue weighted by molar-refractivity contribution is -0.139. The van der Waals surface area contributed by atoms with E-state index in [4.69, 9.17) is 0 Å². The van der Waals surface area contributed by atoms with Crippen LogP contribution in [0, 0.1) is 0 Å². The van der Waals surface area contributed by atoms with Gasteiger partial charge in [-0.2, -0.15) is 13.2 Å². The molecule has 4 nitrogen and oxygen atoms in total. The van der Waals surface area contributed by atoms with Crippen molar-refractivity contribution in [3.8, 4) is 0 Å². The Bertz CT molecular complexity index is 1020. The molecule has 0 unspecified atom stereocenters. The van der Waals surface area contributed by atoms with Crippen molar-refractivity contribution < 1.29 is 21.6 Å². The average molecular weight is 424 g/mol. The Labute approximate surface area is 168 Å². The van der Waals surface area contributed by atoms with Gasteiger partial charge in [-0.3, -0.25) is 0 Å². The molecule has 2 aromatic carbocycles. The smallest absolute Gasteiger partial charge is 0.381 e. The highest BCUT2D eigenvalue weighted by atomic mass is 32.2. The van der Waals surface area contributed by atoms with Gasteiger partial charge >= 0.3 is 6.18 Å². The Balaban J connectivity index is 1.73. The molecule has 156 valence electrons. The fourth-order valence-corrected chi connectivity index (χ4v) is 5.94. The molecular formula is C21H23F3N2O2S. The van der Waals surface area contributed by atoms with E-state index in [0.29, 0.717) is 0 Å². The Morgan fingerprint density at radius 3 is 2.55 bits per heavy atom. The van der Waals surface area contributed by atoms with E-state index in [1.807, 2.05) is 0 Å². The molecule has 4 rings (SSSR count). The molecule has 8 heteroatoms. The van der Waals surface area contributed by atoms with Crippen LogP contribution in [0.1, 0.15) is 36.8 Å². The van der Waals surface area contributed by atoms with Gasteiger partial charge in [-0.1, -0.05) is 19.1 Å². The van der Waals surface area contributed by atoms with Crippen molar-refractivity contribution in [3.63, 3.8) is 0 Å². The van der Waals surface area contributed by atoms with Crippen molar-refractivity contribution in [3.05, 3.63) is 53.6 Å². The minimum Gasteiger partial charge on any atom is -0.381 e. The number of alkyl halides is 3. The zero-order chi connectivity index (χ0) is 20.8. The van der Waals surface area contributed by atoms with Gasteiger partial charge in [-0.15, -0.1) is 0 Å². The second kappa shape index (κ2) is 7.32. The number of rotatable bonds is 3. The summed E-state index contributed by atoms with van der Waals surface area (Å²) in [4.78, 5) is 1.57. The lowest BCUT2D eigenvalue weighted by Crippen LogP contribution is -2.25. The highest BCUT2D eigenvalue weighted by molar-refractivity contribution is 7.91. The van der Waals surface area contributed by atoms with Gasteiger partial charge in [0.25, 0.3) is 0 Å². The molecule has 0 aliphatic carbocycles. The van der Waals surface area contributed by atoms with E-state index >= 15 is 0 Å². The summed E-state index contributed by atoms with van der Waals surface area (Å²) in [6, 6.07) is 9.23. The van der Waals surface area contributed by atoms with Crippen LogP contribution in [0.25, 0.3) is 0 Å². The Hall–Kier alpha value is -2.06. The first-order valence-electron chi connectivity index (χ1n) is 9.76. The fourth-order valence-electron chi connectivity index (χ4n) is 4.43. The zero-order valence-electron chi connectivity index (χ0n) is 16.0. The third kappa shape index (κ3) is 3.64. The van der Waals surface area contributed by atoms with E-state index < -0.39 is 26.5 Å². The minimum absolute atomic E-state index is 0.0907. The van der Waals surface area contributed by atoms with Gasteiger partial charge in [0.15, 0.2) is 0 Å². The van der Waals surface area contributed by atoms with Gasteiger partial charge in [0.2, 0.25) is 9.84 Å². The molecule has 29 heavy (non-hydrogen) atoms. The molecule has 1 fully saturated rings. The van der Waals surface area contributed by atoms with Gasteiger partial charge in [0, 0.05) is 24.2 Å². The second-order valence-corrected chi connectivity index (χ2v) is 9.53. The predicted octanol–water partition coefficient (Wildman–Crippen LogP) is 4.53. The Kier molecular flexibility index (Phi) is 5.11. The molecular weight excluding hydrogens is 401 g/mol. The van der Waals surface area contributed by atoms with Crippen molar-refractivity contribution in [2.45, 2.75) is 47.7 Å². The summed E-state index contributed by atoms with van der Waals surface area (Å²) < 4.78 is 66.3. The van der Waals surface area contributed by atoms with Crippen LogP contribution in [0.5, 0.6) is 0 Å². The van der Waals surface area contributed by atoms with Crippen molar-refractivity contribution >= 4 is 15.5 Å². The van der Waals surface area contributed by atoms with Gasteiger partial charge in [0.1, 0.15) is 0 Å². The molecule has 2 heterocycles. The number of nitrogens with one attached hydrogen (secondary N) is 1. The van der Waals surface area contributed by atoms with E-state index in [0.717, 1.165) is 55.9 Å². The van der Waals surface area contributed by atoms with Gasteiger partial charge in [-0.25, -0.2) is 8.42 Å². The van der Waals surface area contributed by atoms with Gasteiger partial charge in [-0.05, 0) is 61.8 Å². The monoisotopic (exact) mass is 424 g/mol. The van der Waals surface area contributed by atoms with Crippen LogP contribution in [0.4, 0.5) is 18.9 Å². The fraction of sp³-hybridized carbons (Fsp3) is 0.429. The number of likely N-dealkylation sites (tertiary alicyclic amines) is 1. The molecule has 0 bridgehead atoms. The van der Waals surface area contributed by atoms with Gasteiger partial charge in [0.05, 0.1) is 15.4 Å². The summed E-state index contributed by atoms with van der Waals surface area (Å²) in [5.41, 5.74) is 0.635. The summed E-state index contributed by atoms with van der Waals surface area (Å²) >= 11 is 0. The number of anilines is 1. The SMILES string of the molecule is CCN1CC[C@@H]2c3cc(S(=O)(=O)c4ccccc4C(F)(F)F)ccc3N[C@@H]2CC1. The number of benzene rings is 2. The number of sulfone groups is 1. The Morgan fingerprint density at radius 2 is 1.83 bits per heavy atom. The molecule has 1 N–H and O–H groups in total. The van der Waals surface area contributed by atoms with Crippen molar-refractivity contribution in [2.24, 2.45) is 0 Å². The Morgan fingerprint density at radius 1 is 1.10 bits per heavy atom. The first-order valence-corrected chi connectivity index (χ1v) is 11.2. The maximum absolute atomic E-state index is 13.4. The summed E-state index contributed by atoms with van der Waals surface area (Å²) in [5.74, 6) is 0.162. The minimum atomic E-state index is -4.74. The normalized spacial score (nSPS) is 22.5. The second-order valence-electron chi connectivity index (χ2n) is 7.62. The number of halogens is 3. The molecule has 0 saturated carbocycles. The van der Waals surface area contributed by atoms with Crippen LogP contribution in [0.3, 0.4) is 0 Å². The van der Waals surface area contributed by atoms with E-state index in [-0.39, 0.29) is 16.9 Å². The first-order chi connectivity index (χ1) is 13.7. The van der Waals surface area contributed by atoms with E-state index in [2.05, 4.69) is 17.1 Å². The van der Waals surface area contributed by atoms with Crippen LogP contribution >= 0.6 is 0 Å². The van der Waals surface area contributed by atoms with Gasteiger partial charge < -0.3 is 10.2 Å². The summed E-state index contributed by atoms with van der Waals surface area (Å²) in [6.45, 7) is 4.98. The van der Waals surface area contributed by atoms with Crippen molar-refractivity contribution in [1.29, 1.82) is 0 Å². The molecule has 2 aromatic rings. The highest BCUT2D eigenvalue weighted by Crippen LogP contribution is 2.43. The molecule has 2 atom stereocenters. The third-order valence-electron chi connectivity index (χ3n) is 6.00. The van der Waals surface area contributed by atoms with Crippen molar-refractivity contribution in [2.75, 3.05) is 25.0 Å². The average Bonchev–Trinajstić information content (AvgIpc) is 2.91. The number of fused-ring (bicyclic) bond motifs is 3. The number of nitrogens with zero attached hydrogens (tertiary/aromatic N) is 1. The molecule has 0 amide bonds. The van der Waals surface area contributed by atoms with Crippen LogP contribution in [0.2, 0.25) is 0 Å². The van der Waals surface area contributed by atoms with E-state index in [1.54, 1.807) is 12.1 Å². The first kappa shape index (κ1) is 20.2. The molecule has 0 radical (unpaired) electrons. The van der Waals surface area contributed by atoms with E-state index in [9.17, 15) is 21.6 Å². The topological polar surface area (TPSA) is 49.4 Å².